The highest BCUT2D eigenvalue weighted by Crippen LogP contribution is 2.46. The summed E-state index contributed by atoms with van der Waals surface area (Å²) in [6.45, 7) is 1.36. The lowest BCUT2D eigenvalue weighted by Gasteiger charge is -2.27. The van der Waals surface area contributed by atoms with Crippen LogP contribution in [0, 0.1) is 0 Å². The third-order valence-electron chi connectivity index (χ3n) is 5.03. The largest absolute Gasteiger partial charge is 0.507 e. The van der Waals surface area contributed by atoms with Gasteiger partial charge >= 0.3 is 23.9 Å². The lowest BCUT2D eigenvalue weighted by Crippen LogP contribution is -2.57. The van der Waals surface area contributed by atoms with E-state index in [0.29, 0.717) is 10.8 Å². The van der Waals surface area contributed by atoms with Crippen molar-refractivity contribution in [3.05, 3.63) is 71.8 Å². The molecule has 6 nitrogen and oxygen atoms in total. The topological polar surface area (TPSA) is 90.8 Å². The summed E-state index contributed by atoms with van der Waals surface area (Å²) < 4.78 is 90.3. The Morgan fingerprint density at radius 3 is 2.22 bits per heavy atom. The number of phenols is 1. The van der Waals surface area contributed by atoms with E-state index < -0.39 is 35.5 Å². The van der Waals surface area contributed by atoms with Gasteiger partial charge in [0.1, 0.15) is 5.75 Å². The number of fused-ring (bicyclic) bond motifs is 1. The fraction of sp³-hybridized carbons (Fsp3) is 0.174. The Morgan fingerprint density at radius 2 is 1.56 bits per heavy atom. The molecule has 2 amide bonds. The molecule has 0 bridgehead atoms. The van der Waals surface area contributed by atoms with Crippen molar-refractivity contribution in [1.29, 1.82) is 0 Å². The van der Waals surface area contributed by atoms with Crippen LogP contribution >= 0.6 is 0 Å². The summed E-state index contributed by atoms with van der Waals surface area (Å²) in [4.78, 5) is 24.2. The smallest absolute Gasteiger partial charge is 0.460 e. The van der Waals surface area contributed by atoms with E-state index >= 15 is 0 Å². The van der Waals surface area contributed by atoms with Crippen LogP contribution in [-0.2, 0) is 4.79 Å². The van der Waals surface area contributed by atoms with Crippen molar-refractivity contribution in [2.24, 2.45) is 5.10 Å². The van der Waals surface area contributed by atoms with Crippen molar-refractivity contribution in [1.82, 2.24) is 5.43 Å². The van der Waals surface area contributed by atoms with Crippen LogP contribution in [0.5, 0.6) is 5.75 Å². The zero-order chi connectivity index (χ0) is 26.9. The molecule has 0 radical (unpaired) electrons. The van der Waals surface area contributed by atoms with Crippen molar-refractivity contribution in [2.45, 2.75) is 24.9 Å². The second kappa shape index (κ2) is 9.47. The van der Waals surface area contributed by atoms with Gasteiger partial charge in [-0.1, -0.05) is 42.5 Å². The molecular weight excluding hydrogens is 499 g/mol. The third kappa shape index (κ3) is 4.95. The number of carbonyl (C=O) groups is 2. The van der Waals surface area contributed by atoms with Gasteiger partial charge in [0.05, 0.1) is 11.3 Å². The van der Waals surface area contributed by atoms with E-state index in [1.165, 1.54) is 30.4 Å². The molecule has 3 aromatic carbocycles. The van der Waals surface area contributed by atoms with Crippen LogP contribution in [0.15, 0.2) is 65.8 Å². The number of hydrogen-bond acceptors (Lipinski definition) is 4. The van der Waals surface area contributed by atoms with E-state index in [1.807, 2.05) is 0 Å². The molecule has 0 atom stereocenters. The Labute approximate surface area is 198 Å². The SMILES string of the molecule is C/C(=N\NC(=O)c1c(O)ccc2ccccc12)c1cccc(NC(=O)C(F)(F)C(F)(F)C(F)(F)F)c1. The van der Waals surface area contributed by atoms with Crippen molar-refractivity contribution >= 4 is 34.0 Å². The predicted octanol–water partition coefficient (Wildman–Crippen LogP) is 5.47. The number of benzene rings is 3. The van der Waals surface area contributed by atoms with E-state index in [2.05, 4.69) is 10.5 Å². The van der Waals surface area contributed by atoms with E-state index in [9.17, 15) is 45.4 Å². The number of hydrogen-bond donors (Lipinski definition) is 3. The lowest BCUT2D eigenvalue weighted by atomic mass is 10.0. The number of halogens is 7. The fourth-order valence-corrected chi connectivity index (χ4v) is 3.11. The second-order valence-corrected chi connectivity index (χ2v) is 7.50. The number of hydrazone groups is 1. The highest BCUT2D eigenvalue weighted by atomic mass is 19.4. The van der Waals surface area contributed by atoms with Gasteiger partial charge < -0.3 is 10.4 Å². The molecule has 0 aliphatic carbocycles. The van der Waals surface area contributed by atoms with Gasteiger partial charge in [0, 0.05) is 5.69 Å². The van der Waals surface area contributed by atoms with Crippen molar-refractivity contribution < 1.29 is 45.4 Å². The molecule has 0 aliphatic heterocycles. The molecule has 190 valence electrons. The number of aromatic hydroxyl groups is 1. The van der Waals surface area contributed by atoms with Crippen LogP contribution in [-0.4, -0.2) is 40.7 Å². The zero-order valence-corrected chi connectivity index (χ0v) is 18.1. The molecule has 0 unspecified atom stereocenters. The maximum atomic E-state index is 13.6. The maximum Gasteiger partial charge on any atom is 0.460 e. The van der Waals surface area contributed by atoms with Crippen LogP contribution in [0.4, 0.5) is 36.4 Å². The summed E-state index contributed by atoms with van der Waals surface area (Å²) in [5.41, 5.74) is 1.76. The number of rotatable bonds is 6. The summed E-state index contributed by atoms with van der Waals surface area (Å²) in [6.07, 6.45) is -6.66. The molecular formula is C23H16F7N3O3. The van der Waals surface area contributed by atoms with Crippen molar-refractivity contribution in [2.75, 3.05) is 5.32 Å². The van der Waals surface area contributed by atoms with Crippen molar-refractivity contribution in [3.8, 4) is 5.75 Å². The van der Waals surface area contributed by atoms with Gasteiger partial charge in [0.15, 0.2) is 0 Å². The molecule has 0 aromatic heterocycles. The van der Waals surface area contributed by atoms with Gasteiger partial charge in [-0.25, -0.2) is 5.43 Å². The standard InChI is InChI=1S/C23H16F7N3O3/c1-12(32-33-19(35)18-16-8-3-2-5-13(16)9-10-17(18)34)14-6-4-7-15(11-14)31-20(36)21(24,25)22(26,27)23(28,29)30/h2-11,34H,1H3,(H,31,36)(H,33,35)/b32-12+. The van der Waals surface area contributed by atoms with Crippen LogP contribution in [0.3, 0.4) is 0 Å². The van der Waals surface area contributed by atoms with Crippen LogP contribution in [0.25, 0.3) is 10.8 Å². The Balaban J connectivity index is 1.80. The predicted molar refractivity (Wildman–Crippen MR) is 116 cm³/mol. The lowest BCUT2D eigenvalue weighted by molar-refractivity contribution is -0.343. The molecule has 3 rings (SSSR count). The molecule has 13 heteroatoms. The second-order valence-electron chi connectivity index (χ2n) is 7.50. The summed E-state index contributed by atoms with van der Waals surface area (Å²) >= 11 is 0. The normalized spacial score (nSPS) is 12.9. The van der Waals surface area contributed by atoms with E-state index in [4.69, 9.17) is 0 Å². The van der Waals surface area contributed by atoms with Gasteiger partial charge in [0.2, 0.25) is 0 Å². The minimum atomic E-state index is -6.66. The van der Waals surface area contributed by atoms with Crippen LogP contribution < -0.4 is 10.7 Å². The summed E-state index contributed by atoms with van der Waals surface area (Å²) in [6, 6.07) is 14.1. The number of phenolic OH excluding ortho intramolecular Hbond substituents is 1. The maximum absolute atomic E-state index is 13.6. The van der Waals surface area contributed by atoms with Gasteiger partial charge in [-0.3, -0.25) is 9.59 Å². The van der Waals surface area contributed by atoms with Crippen LogP contribution in [0.1, 0.15) is 22.8 Å². The number of nitrogens with one attached hydrogen (secondary N) is 2. The molecule has 0 aliphatic rings. The average Bonchev–Trinajstić information content (AvgIpc) is 2.81. The molecule has 0 saturated heterocycles. The molecule has 3 aromatic rings. The first-order valence-corrected chi connectivity index (χ1v) is 9.96. The number of anilines is 1. The zero-order valence-electron chi connectivity index (χ0n) is 18.1. The number of alkyl halides is 7. The number of amides is 2. The van der Waals surface area contributed by atoms with Gasteiger partial charge in [-0.05, 0) is 41.5 Å². The molecule has 0 fully saturated rings. The molecule has 0 saturated carbocycles. The van der Waals surface area contributed by atoms with Crippen molar-refractivity contribution in [3.63, 3.8) is 0 Å². The Kier molecular flexibility index (Phi) is 6.96. The summed E-state index contributed by atoms with van der Waals surface area (Å²) in [5, 5.41) is 16.4. The van der Waals surface area contributed by atoms with Gasteiger partial charge in [0.25, 0.3) is 5.91 Å². The van der Waals surface area contributed by atoms with Gasteiger partial charge in [-0.15, -0.1) is 0 Å². The number of nitrogens with zero attached hydrogens (tertiary/aromatic N) is 1. The molecule has 3 N–H and O–H groups in total. The highest BCUT2D eigenvalue weighted by molar-refractivity contribution is 6.10. The average molecular weight is 515 g/mol. The Bertz CT molecular complexity index is 1350. The third-order valence-corrected chi connectivity index (χ3v) is 5.03. The fourth-order valence-electron chi connectivity index (χ4n) is 3.11. The van der Waals surface area contributed by atoms with Gasteiger partial charge in [-0.2, -0.15) is 35.8 Å². The molecule has 0 heterocycles. The highest BCUT2D eigenvalue weighted by Gasteiger charge is 2.76. The van der Waals surface area contributed by atoms with Crippen LogP contribution in [0.2, 0.25) is 0 Å². The first kappa shape index (κ1) is 26.4. The summed E-state index contributed by atoms with van der Waals surface area (Å²) in [5.74, 6) is -16.7. The Morgan fingerprint density at radius 1 is 0.889 bits per heavy atom. The van der Waals surface area contributed by atoms with E-state index in [0.717, 1.165) is 12.1 Å². The first-order valence-electron chi connectivity index (χ1n) is 9.96. The monoisotopic (exact) mass is 515 g/mol. The number of carbonyl (C=O) groups excluding carboxylic acids is 2. The first-order chi connectivity index (χ1) is 16.7. The molecule has 0 spiro atoms. The van der Waals surface area contributed by atoms with E-state index in [1.54, 1.807) is 30.3 Å². The minimum Gasteiger partial charge on any atom is -0.507 e. The quantitative estimate of drug-likeness (QED) is 0.231. The molecule has 36 heavy (non-hydrogen) atoms. The van der Waals surface area contributed by atoms with E-state index in [-0.39, 0.29) is 22.6 Å². The summed E-state index contributed by atoms with van der Waals surface area (Å²) in [7, 11) is 0. The Hall–Kier alpha value is -4.16. The minimum absolute atomic E-state index is 0.0477.